The maximum Gasteiger partial charge on any atom is 0.276 e. The number of benzene rings is 2. The van der Waals surface area contributed by atoms with Gasteiger partial charge in [0.25, 0.3) is 5.56 Å². The average molecular weight is 388 g/mol. The molecule has 0 amide bonds. The largest absolute Gasteiger partial charge is 0.276 e. The van der Waals surface area contributed by atoms with E-state index in [9.17, 15) is 4.79 Å². The Morgan fingerprint density at radius 2 is 1.56 bits per heavy atom. The van der Waals surface area contributed by atoms with Crippen molar-refractivity contribution >= 4 is 43.7 Å². The van der Waals surface area contributed by atoms with E-state index in [4.69, 9.17) is 4.98 Å². The van der Waals surface area contributed by atoms with Gasteiger partial charge in [0.1, 0.15) is 20.6 Å². The Morgan fingerprint density at radius 3 is 2.33 bits per heavy atom. The highest BCUT2D eigenvalue weighted by atomic mass is 32.2. The fraction of sp³-hybridized carbons (Fsp3) is 0. The van der Waals surface area contributed by atoms with Crippen LogP contribution < -0.4 is 5.56 Å². The average Bonchev–Trinajstić information content (AvgIpc) is 3.09. The summed E-state index contributed by atoms with van der Waals surface area (Å²) in [6.07, 6.45) is 3.26. The Balaban J connectivity index is 1.84. The summed E-state index contributed by atoms with van der Waals surface area (Å²) in [7, 11) is 0. The Hall–Kier alpha value is -3.03. The van der Waals surface area contributed by atoms with Crippen molar-refractivity contribution < 1.29 is 0 Å². The number of para-hydroxylation sites is 1. The summed E-state index contributed by atoms with van der Waals surface area (Å²) in [5.41, 5.74) is 1.96. The third-order valence-corrected chi connectivity index (χ3v) is 6.09. The molecule has 0 aliphatic carbocycles. The van der Waals surface area contributed by atoms with Crippen molar-refractivity contribution in [3.8, 4) is 5.69 Å². The molecule has 0 saturated heterocycles. The Morgan fingerprint density at radius 1 is 0.852 bits per heavy atom. The van der Waals surface area contributed by atoms with E-state index in [1.807, 2.05) is 60.7 Å². The van der Waals surface area contributed by atoms with Gasteiger partial charge in [-0.3, -0.25) is 9.36 Å². The third kappa shape index (κ3) is 2.81. The molecule has 0 N–H and O–H groups in total. The molecule has 7 heteroatoms. The van der Waals surface area contributed by atoms with E-state index in [0.29, 0.717) is 20.9 Å². The van der Waals surface area contributed by atoms with Crippen molar-refractivity contribution in [1.82, 2.24) is 19.5 Å². The first-order valence-corrected chi connectivity index (χ1v) is 9.89. The molecule has 3 aromatic heterocycles. The normalized spacial score (nSPS) is 11.3. The van der Waals surface area contributed by atoms with Gasteiger partial charge in [0.2, 0.25) is 0 Å². The SMILES string of the molecule is O=c1c2sc3nccnc3c2nc(Sc2ccccc2)n1-c1ccccc1. The van der Waals surface area contributed by atoms with Crippen LogP contribution in [0.5, 0.6) is 0 Å². The lowest BCUT2D eigenvalue weighted by molar-refractivity contribution is 0.823. The van der Waals surface area contributed by atoms with Crippen LogP contribution in [0.2, 0.25) is 0 Å². The van der Waals surface area contributed by atoms with Crippen LogP contribution in [0.4, 0.5) is 0 Å². The fourth-order valence-corrected chi connectivity index (χ4v) is 4.76. The first-order chi connectivity index (χ1) is 13.3. The van der Waals surface area contributed by atoms with Gasteiger partial charge in [-0.2, -0.15) is 0 Å². The summed E-state index contributed by atoms with van der Waals surface area (Å²) in [6.45, 7) is 0. The van der Waals surface area contributed by atoms with E-state index in [1.165, 1.54) is 23.1 Å². The molecule has 3 heterocycles. The number of hydrogen-bond acceptors (Lipinski definition) is 6. The van der Waals surface area contributed by atoms with E-state index < -0.39 is 0 Å². The molecule has 0 atom stereocenters. The van der Waals surface area contributed by atoms with E-state index in [1.54, 1.807) is 17.0 Å². The predicted octanol–water partition coefficient (Wildman–Crippen LogP) is 4.54. The highest BCUT2D eigenvalue weighted by molar-refractivity contribution is 7.99. The molecule has 5 aromatic rings. The van der Waals surface area contributed by atoms with Crippen molar-refractivity contribution in [2.75, 3.05) is 0 Å². The van der Waals surface area contributed by atoms with Crippen LogP contribution in [0.3, 0.4) is 0 Å². The molecule has 0 aliphatic rings. The highest BCUT2D eigenvalue weighted by Crippen LogP contribution is 2.32. The number of rotatable bonds is 3. The summed E-state index contributed by atoms with van der Waals surface area (Å²) >= 11 is 2.79. The van der Waals surface area contributed by atoms with Crippen molar-refractivity contribution in [2.45, 2.75) is 10.1 Å². The smallest absolute Gasteiger partial charge is 0.267 e. The van der Waals surface area contributed by atoms with Crippen molar-refractivity contribution in [3.05, 3.63) is 83.4 Å². The van der Waals surface area contributed by atoms with Gasteiger partial charge in [-0.05, 0) is 24.3 Å². The second-order valence-electron chi connectivity index (χ2n) is 5.78. The standard InChI is InChI=1S/C20H12N4OS2/c25-19-17-15(16-18(27-17)22-12-11-21-16)23-20(26-14-9-5-2-6-10-14)24(19)13-7-3-1-4-8-13/h1-12H. The predicted molar refractivity (Wildman–Crippen MR) is 109 cm³/mol. The summed E-state index contributed by atoms with van der Waals surface area (Å²) in [5, 5.41) is 0.607. The number of nitrogens with zero attached hydrogens (tertiary/aromatic N) is 4. The lowest BCUT2D eigenvalue weighted by atomic mass is 10.3. The molecule has 0 fully saturated rings. The van der Waals surface area contributed by atoms with Crippen LogP contribution >= 0.6 is 23.1 Å². The van der Waals surface area contributed by atoms with Crippen LogP contribution in [0.1, 0.15) is 0 Å². The molecule has 0 spiro atoms. The molecule has 130 valence electrons. The van der Waals surface area contributed by atoms with Gasteiger partial charge in [-0.25, -0.2) is 15.0 Å². The quantitative estimate of drug-likeness (QED) is 0.425. The summed E-state index contributed by atoms with van der Waals surface area (Å²) in [4.78, 5) is 28.7. The molecule has 0 radical (unpaired) electrons. The topological polar surface area (TPSA) is 60.7 Å². The van der Waals surface area contributed by atoms with Gasteiger partial charge in [0.05, 0.1) is 5.69 Å². The van der Waals surface area contributed by atoms with Crippen LogP contribution in [-0.2, 0) is 0 Å². The fourth-order valence-electron chi connectivity index (χ4n) is 2.86. The van der Waals surface area contributed by atoms with Crippen molar-refractivity contribution in [1.29, 1.82) is 0 Å². The molecule has 0 saturated carbocycles. The summed E-state index contributed by atoms with van der Waals surface area (Å²) in [6, 6.07) is 19.5. The molecule has 27 heavy (non-hydrogen) atoms. The van der Waals surface area contributed by atoms with Crippen LogP contribution in [0, 0.1) is 0 Å². The van der Waals surface area contributed by atoms with Gasteiger partial charge in [0.15, 0.2) is 5.16 Å². The van der Waals surface area contributed by atoms with Crippen LogP contribution in [-0.4, -0.2) is 19.5 Å². The number of hydrogen-bond donors (Lipinski definition) is 0. The zero-order valence-corrected chi connectivity index (χ0v) is 15.6. The van der Waals surface area contributed by atoms with E-state index in [0.717, 1.165) is 15.4 Å². The molecule has 5 nitrogen and oxygen atoms in total. The monoisotopic (exact) mass is 388 g/mol. The van der Waals surface area contributed by atoms with Crippen LogP contribution in [0.15, 0.2) is 87.9 Å². The van der Waals surface area contributed by atoms with E-state index in [2.05, 4.69) is 9.97 Å². The summed E-state index contributed by atoms with van der Waals surface area (Å²) < 4.78 is 2.23. The molecular weight excluding hydrogens is 376 g/mol. The van der Waals surface area contributed by atoms with E-state index in [-0.39, 0.29) is 5.56 Å². The zero-order valence-electron chi connectivity index (χ0n) is 13.9. The van der Waals surface area contributed by atoms with E-state index >= 15 is 0 Å². The summed E-state index contributed by atoms with van der Waals surface area (Å²) in [5.74, 6) is 0. The minimum absolute atomic E-state index is 0.102. The molecule has 5 rings (SSSR count). The van der Waals surface area contributed by atoms with Crippen LogP contribution in [0.25, 0.3) is 26.3 Å². The Bertz CT molecular complexity index is 1310. The number of aromatic nitrogens is 4. The highest BCUT2D eigenvalue weighted by Gasteiger charge is 2.19. The molecular formula is C20H12N4OS2. The van der Waals surface area contributed by atoms with Gasteiger partial charge in [-0.1, -0.05) is 48.2 Å². The molecule has 2 aromatic carbocycles. The number of thiophene rings is 1. The second-order valence-corrected chi connectivity index (χ2v) is 7.82. The minimum atomic E-state index is -0.102. The van der Waals surface area contributed by atoms with Gasteiger partial charge in [-0.15, -0.1) is 11.3 Å². The van der Waals surface area contributed by atoms with Gasteiger partial charge in [0, 0.05) is 17.3 Å². The molecule has 0 aliphatic heterocycles. The maximum atomic E-state index is 13.4. The minimum Gasteiger partial charge on any atom is -0.267 e. The lowest BCUT2D eigenvalue weighted by Crippen LogP contribution is -2.20. The van der Waals surface area contributed by atoms with Gasteiger partial charge < -0.3 is 0 Å². The molecule has 0 unspecified atom stereocenters. The third-order valence-electron chi connectivity index (χ3n) is 4.07. The maximum absolute atomic E-state index is 13.4. The number of fused-ring (bicyclic) bond motifs is 3. The van der Waals surface area contributed by atoms with Crippen molar-refractivity contribution in [2.24, 2.45) is 0 Å². The van der Waals surface area contributed by atoms with Gasteiger partial charge >= 0.3 is 0 Å². The Kier molecular flexibility index (Phi) is 3.95. The molecule has 0 bridgehead atoms. The second kappa shape index (κ2) is 6.61. The first-order valence-electron chi connectivity index (χ1n) is 8.26. The zero-order chi connectivity index (χ0) is 18.2. The lowest BCUT2D eigenvalue weighted by Gasteiger charge is -2.11. The Labute approximate surface area is 162 Å². The van der Waals surface area contributed by atoms with Crippen molar-refractivity contribution in [3.63, 3.8) is 0 Å². The first kappa shape index (κ1) is 16.2.